The molecule has 1 aliphatic rings. The molecule has 0 spiro atoms. The van der Waals surface area contributed by atoms with Gasteiger partial charge in [0.05, 0.1) is 0 Å². The number of aromatic nitrogens is 3. The van der Waals surface area contributed by atoms with Gasteiger partial charge in [-0.2, -0.15) is 0 Å². The summed E-state index contributed by atoms with van der Waals surface area (Å²) < 4.78 is 1.99. The lowest BCUT2D eigenvalue weighted by atomic mass is 9.96. The minimum Gasteiger partial charge on any atom is -0.356 e. The monoisotopic (exact) mass is 573 g/mol. The van der Waals surface area contributed by atoms with Gasteiger partial charge in [0.2, 0.25) is 0 Å². The van der Waals surface area contributed by atoms with Gasteiger partial charge < -0.3 is 15.2 Å². The molecule has 7 nitrogen and oxygen atoms in total. The fourth-order valence-corrected chi connectivity index (χ4v) is 4.25. The average molecular weight is 574 g/mol. The van der Waals surface area contributed by atoms with E-state index in [1.807, 2.05) is 30.7 Å². The molecule has 3 rings (SSSR count). The number of guanidine groups is 1. The minimum absolute atomic E-state index is 0. The highest BCUT2D eigenvalue weighted by atomic mass is 127. The molecule has 2 aromatic rings. The Morgan fingerprint density at radius 2 is 1.97 bits per heavy atom. The average Bonchev–Trinajstić information content (AvgIpc) is 3.37. The lowest BCUT2D eigenvalue weighted by molar-refractivity contribution is 0.267. The third-order valence-corrected chi connectivity index (χ3v) is 6.57. The van der Waals surface area contributed by atoms with Gasteiger partial charge in [-0.15, -0.1) is 34.2 Å². The number of halogens is 2. The van der Waals surface area contributed by atoms with Crippen LogP contribution in [0.15, 0.2) is 29.3 Å². The molecule has 1 fully saturated rings. The van der Waals surface area contributed by atoms with Crippen molar-refractivity contribution in [3.63, 3.8) is 0 Å². The number of likely N-dealkylation sites (tertiary alicyclic amines) is 1. The molecule has 0 aliphatic carbocycles. The first-order chi connectivity index (χ1) is 15.0. The third-order valence-electron chi connectivity index (χ3n) is 6.32. The van der Waals surface area contributed by atoms with Crippen LogP contribution >= 0.6 is 35.6 Å². The maximum Gasteiger partial charge on any atom is 0.191 e. The van der Waals surface area contributed by atoms with Gasteiger partial charge in [0.15, 0.2) is 11.8 Å². The fraction of sp³-hybridized carbons (Fsp3) is 0.609. The van der Waals surface area contributed by atoms with Crippen LogP contribution < -0.4 is 10.6 Å². The Bertz CT molecular complexity index is 853. The molecule has 32 heavy (non-hydrogen) atoms. The van der Waals surface area contributed by atoms with Gasteiger partial charge in [0.25, 0.3) is 0 Å². The molecule has 2 unspecified atom stereocenters. The highest BCUT2D eigenvalue weighted by molar-refractivity contribution is 14.0. The summed E-state index contributed by atoms with van der Waals surface area (Å²) in [7, 11) is 1.98. The van der Waals surface area contributed by atoms with E-state index in [-0.39, 0.29) is 24.0 Å². The molecule has 0 bridgehead atoms. The number of nitrogens with zero attached hydrogens (tertiary/aromatic N) is 5. The molecule has 178 valence electrons. The number of rotatable bonds is 9. The number of hydrogen-bond donors (Lipinski definition) is 2. The molecule has 1 aromatic heterocycles. The van der Waals surface area contributed by atoms with Gasteiger partial charge in [0, 0.05) is 37.1 Å². The van der Waals surface area contributed by atoms with Crippen LogP contribution in [0.3, 0.4) is 0 Å². The Balaban J connectivity index is 0.00000363. The van der Waals surface area contributed by atoms with Crippen molar-refractivity contribution in [2.24, 2.45) is 12.0 Å². The molecular formula is C23H37ClIN7. The minimum atomic E-state index is 0. The third kappa shape index (κ3) is 7.31. The first-order valence-electron chi connectivity index (χ1n) is 11.4. The number of aliphatic imine (C=N–C) groups is 1. The molecule has 9 heteroatoms. The molecule has 2 N–H and O–H groups in total. The van der Waals surface area contributed by atoms with Crippen molar-refractivity contribution in [2.45, 2.75) is 58.5 Å². The summed E-state index contributed by atoms with van der Waals surface area (Å²) in [4.78, 5) is 7.37. The number of hydrogen-bond acceptors (Lipinski definition) is 4. The van der Waals surface area contributed by atoms with E-state index in [2.05, 4.69) is 51.7 Å². The van der Waals surface area contributed by atoms with Crippen LogP contribution in [-0.2, 0) is 13.6 Å². The molecule has 0 radical (unpaired) electrons. The van der Waals surface area contributed by atoms with Crippen LogP contribution in [0.25, 0.3) is 0 Å². The van der Waals surface area contributed by atoms with Crippen molar-refractivity contribution in [2.75, 3.05) is 26.2 Å². The summed E-state index contributed by atoms with van der Waals surface area (Å²) in [5, 5.41) is 16.3. The van der Waals surface area contributed by atoms with E-state index < -0.39 is 0 Å². The Morgan fingerprint density at radius 3 is 2.59 bits per heavy atom. The van der Waals surface area contributed by atoms with Crippen LogP contribution in [0.5, 0.6) is 0 Å². The van der Waals surface area contributed by atoms with Crippen molar-refractivity contribution in [3.05, 3.63) is 46.5 Å². The molecule has 0 saturated carbocycles. The maximum absolute atomic E-state index is 6.07. The SMILES string of the molecule is CCC(CNC(=NCc1nnc(C)n1C)NCC1CCCN1CC)c1ccc(Cl)cc1.I. The zero-order valence-electron chi connectivity index (χ0n) is 19.6. The predicted octanol–water partition coefficient (Wildman–Crippen LogP) is 4.11. The Labute approximate surface area is 214 Å². The summed E-state index contributed by atoms with van der Waals surface area (Å²) >= 11 is 6.07. The molecule has 2 heterocycles. The van der Waals surface area contributed by atoms with E-state index in [4.69, 9.17) is 16.6 Å². The highest BCUT2D eigenvalue weighted by Gasteiger charge is 2.23. The summed E-state index contributed by atoms with van der Waals surface area (Å²) in [6, 6.07) is 8.71. The zero-order chi connectivity index (χ0) is 22.2. The van der Waals surface area contributed by atoms with Crippen molar-refractivity contribution < 1.29 is 0 Å². The van der Waals surface area contributed by atoms with Crippen LogP contribution in [-0.4, -0.2) is 57.8 Å². The van der Waals surface area contributed by atoms with Crippen molar-refractivity contribution >= 4 is 41.5 Å². The van der Waals surface area contributed by atoms with Crippen molar-refractivity contribution in [1.82, 2.24) is 30.3 Å². The molecule has 1 saturated heterocycles. The second kappa shape index (κ2) is 13.3. The van der Waals surface area contributed by atoms with Gasteiger partial charge in [-0.05, 0) is 57.0 Å². The lowest BCUT2D eigenvalue weighted by Gasteiger charge is -2.25. The summed E-state index contributed by atoms with van der Waals surface area (Å²) in [5.41, 5.74) is 1.29. The smallest absolute Gasteiger partial charge is 0.191 e. The van der Waals surface area contributed by atoms with E-state index in [0.29, 0.717) is 18.5 Å². The van der Waals surface area contributed by atoms with Crippen LogP contribution in [0.1, 0.15) is 56.2 Å². The van der Waals surface area contributed by atoms with Crippen LogP contribution in [0.2, 0.25) is 5.02 Å². The fourth-order valence-electron chi connectivity index (χ4n) is 4.12. The van der Waals surface area contributed by atoms with E-state index in [9.17, 15) is 0 Å². The second-order valence-electron chi connectivity index (χ2n) is 8.23. The largest absolute Gasteiger partial charge is 0.356 e. The Kier molecular flexibility index (Phi) is 11.2. The Hall–Kier alpha value is -1.39. The number of nitrogens with one attached hydrogen (secondary N) is 2. The van der Waals surface area contributed by atoms with E-state index in [0.717, 1.165) is 48.7 Å². The van der Waals surface area contributed by atoms with Crippen molar-refractivity contribution in [1.29, 1.82) is 0 Å². The highest BCUT2D eigenvalue weighted by Crippen LogP contribution is 2.21. The lowest BCUT2D eigenvalue weighted by Crippen LogP contribution is -2.45. The molecule has 2 atom stereocenters. The Morgan fingerprint density at radius 1 is 1.22 bits per heavy atom. The molecule has 1 aromatic carbocycles. The van der Waals surface area contributed by atoms with E-state index in [1.54, 1.807) is 0 Å². The predicted molar refractivity (Wildman–Crippen MR) is 143 cm³/mol. The molecular weight excluding hydrogens is 537 g/mol. The first kappa shape index (κ1) is 26.9. The second-order valence-corrected chi connectivity index (χ2v) is 8.67. The maximum atomic E-state index is 6.07. The zero-order valence-corrected chi connectivity index (χ0v) is 22.7. The normalized spacial score (nSPS) is 17.8. The van der Waals surface area contributed by atoms with Crippen LogP contribution in [0.4, 0.5) is 0 Å². The number of likely N-dealkylation sites (N-methyl/N-ethyl adjacent to an activating group) is 1. The summed E-state index contributed by atoms with van der Waals surface area (Å²) in [6.07, 6.45) is 3.54. The first-order valence-corrected chi connectivity index (χ1v) is 11.8. The van der Waals surface area contributed by atoms with Crippen molar-refractivity contribution in [3.8, 4) is 0 Å². The van der Waals surface area contributed by atoms with E-state index in [1.165, 1.54) is 24.9 Å². The summed E-state index contributed by atoms with van der Waals surface area (Å²) in [6.45, 7) is 10.9. The number of aryl methyl sites for hydroxylation is 1. The topological polar surface area (TPSA) is 70.4 Å². The quantitative estimate of drug-likeness (QED) is 0.269. The van der Waals surface area contributed by atoms with Crippen LogP contribution in [0, 0.1) is 6.92 Å². The van der Waals surface area contributed by atoms with Gasteiger partial charge in [-0.25, -0.2) is 4.99 Å². The molecule has 0 amide bonds. The van der Waals surface area contributed by atoms with Gasteiger partial charge in [-0.1, -0.05) is 37.6 Å². The number of benzene rings is 1. The molecule has 1 aliphatic heterocycles. The van der Waals surface area contributed by atoms with Gasteiger partial charge in [0.1, 0.15) is 12.4 Å². The van der Waals surface area contributed by atoms with Gasteiger partial charge in [-0.3, -0.25) is 4.90 Å². The summed E-state index contributed by atoms with van der Waals surface area (Å²) in [5.74, 6) is 2.97. The van der Waals surface area contributed by atoms with E-state index >= 15 is 0 Å². The standard InChI is InChI=1S/C23H36ClN7.HI/c1-5-18(19-9-11-20(24)12-10-19)14-25-23(26-15-21-8-7-13-31(21)6-2)27-16-22-29-28-17(3)30(22)4;/h9-12,18,21H,5-8,13-16H2,1-4H3,(H2,25,26,27);1H. The van der Waals surface area contributed by atoms with Gasteiger partial charge >= 0.3 is 0 Å².